The minimum atomic E-state index is -2.49. The number of likely N-dealkylation sites (tertiary alicyclic amines) is 1. The highest BCUT2D eigenvalue weighted by Crippen LogP contribution is 2.52. The maximum absolute atomic E-state index is 13.5. The number of allylic oxidation sites excluding steroid dienone is 1. The minimum absolute atomic E-state index is 0.113. The van der Waals surface area contributed by atoms with Crippen molar-refractivity contribution < 1.29 is 13.5 Å². The molecule has 1 aliphatic carbocycles. The lowest BCUT2D eigenvalue weighted by atomic mass is 9.72. The molecular formula is C33H48F2N10OS. The van der Waals surface area contributed by atoms with E-state index in [4.69, 9.17) is 32.0 Å². The van der Waals surface area contributed by atoms with Crippen molar-refractivity contribution in [3.8, 4) is 11.9 Å². The molecule has 5 heterocycles. The second-order valence-corrected chi connectivity index (χ2v) is 14.8. The number of fused-ring (bicyclic) bond motifs is 2. The maximum atomic E-state index is 13.5. The Morgan fingerprint density at radius 3 is 2.57 bits per heavy atom. The molecule has 3 saturated heterocycles. The Labute approximate surface area is 280 Å². The predicted molar refractivity (Wildman–Crippen MR) is 180 cm³/mol. The standard InChI is InChI=1S/C33H48F2N10OS/c1-20(23-10-7-15-42(23)2)46-27-18-26(44-16-6-8-21(12-17-44)43(3)32(34)35)40-31(41-27)29(37)24-9-4-13-33(45(24)39)14-5-11-25-28(33)22(19-36)30(38)47-25/h18,20-21,23,32H,4-17,37-39H2,1-3H3/b29-24-/t20-,21?,23?,33?/m0/s1. The number of nitrogens with two attached hydrogens (primary N) is 3. The molecule has 2 aromatic rings. The van der Waals surface area contributed by atoms with Gasteiger partial charge in [0.05, 0.1) is 22.5 Å². The first-order valence-corrected chi connectivity index (χ1v) is 17.7. The number of likely N-dealkylation sites (N-methyl/N-ethyl adjacent to an activating group) is 1. The summed E-state index contributed by atoms with van der Waals surface area (Å²) in [5.74, 6) is 8.46. The van der Waals surface area contributed by atoms with Crippen LogP contribution >= 0.6 is 11.3 Å². The van der Waals surface area contributed by atoms with Crippen LogP contribution in [0.1, 0.15) is 93.0 Å². The number of hydrogen-bond donors (Lipinski definition) is 3. The van der Waals surface area contributed by atoms with Crippen molar-refractivity contribution in [2.45, 2.75) is 108 Å². The molecule has 0 amide bonds. The number of aryl methyl sites for hydroxylation is 1. The van der Waals surface area contributed by atoms with Crippen LogP contribution in [0.3, 0.4) is 0 Å². The molecule has 256 valence electrons. The SMILES string of the molecule is C[C@H](Oc1cc(N2CCCC(N(C)C(F)F)CC2)nc(/C(N)=C2\CCCC3(CCCc4sc(N)c(C#N)c43)N2N)n1)C1CCCN1C. The third-order valence-corrected chi connectivity index (χ3v) is 12.0. The molecule has 3 unspecified atom stereocenters. The van der Waals surface area contributed by atoms with E-state index in [0.29, 0.717) is 66.1 Å². The number of nitrogens with zero attached hydrogens (tertiary/aromatic N) is 7. The van der Waals surface area contributed by atoms with E-state index in [1.807, 2.05) is 6.07 Å². The molecule has 47 heavy (non-hydrogen) atoms. The van der Waals surface area contributed by atoms with Gasteiger partial charge in [0.1, 0.15) is 23.0 Å². The zero-order chi connectivity index (χ0) is 33.5. The largest absolute Gasteiger partial charge is 0.473 e. The molecule has 4 aliphatic rings. The van der Waals surface area contributed by atoms with E-state index in [-0.39, 0.29) is 18.2 Å². The lowest BCUT2D eigenvalue weighted by molar-refractivity contribution is -0.0381. The monoisotopic (exact) mass is 670 g/mol. The maximum Gasteiger partial charge on any atom is 0.294 e. The Hall–Kier alpha value is -3.25. The number of thiophene rings is 1. The van der Waals surface area contributed by atoms with Crippen molar-refractivity contribution in [2.75, 3.05) is 44.4 Å². The Balaban J connectivity index is 1.37. The first-order chi connectivity index (χ1) is 22.5. The molecule has 3 fully saturated rings. The van der Waals surface area contributed by atoms with Crippen LogP contribution in [-0.4, -0.2) is 83.2 Å². The van der Waals surface area contributed by atoms with Gasteiger partial charge >= 0.3 is 0 Å². The zero-order valence-corrected chi connectivity index (χ0v) is 28.5. The lowest BCUT2D eigenvalue weighted by Crippen LogP contribution is -2.54. The van der Waals surface area contributed by atoms with Gasteiger partial charge in [0, 0.05) is 41.7 Å². The van der Waals surface area contributed by atoms with Gasteiger partial charge in [-0.1, -0.05) is 0 Å². The predicted octanol–water partition coefficient (Wildman–Crippen LogP) is 4.59. The molecule has 6 rings (SSSR count). The van der Waals surface area contributed by atoms with Gasteiger partial charge in [0.25, 0.3) is 6.55 Å². The summed E-state index contributed by atoms with van der Waals surface area (Å²) in [5.41, 5.74) is 15.3. The number of piperidine rings is 1. The third kappa shape index (κ3) is 6.35. The van der Waals surface area contributed by atoms with Gasteiger partial charge in [0.15, 0.2) is 5.82 Å². The fourth-order valence-electron chi connectivity index (χ4n) is 8.30. The summed E-state index contributed by atoms with van der Waals surface area (Å²) in [5, 5.41) is 12.4. The molecular weight excluding hydrogens is 622 g/mol. The summed E-state index contributed by atoms with van der Waals surface area (Å²) in [6, 6.07) is 4.26. The lowest BCUT2D eigenvalue weighted by Gasteiger charge is -2.49. The quantitative estimate of drug-likeness (QED) is 0.281. The first-order valence-electron chi connectivity index (χ1n) is 16.9. The van der Waals surface area contributed by atoms with Crippen LogP contribution in [0.4, 0.5) is 19.6 Å². The van der Waals surface area contributed by atoms with E-state index in [1.54, 1.807) is 5.01 Å². The van der Waals surface area contributed by atoms with E-state index in [2.05, 4.69) is 29.8 Å². The van der Waals surface area contributed by atoms with Gasteiger partial charge < -0.3 is 26.1 Å². The van der Waals surface area contributed by atoms with E-state index < -0.39 is 12.1 Å². The van der Waals surface area contributed by atoms with Crippen LogP contribution in [0, 0.1) is 11.3 Å². The molecule has 4 atom stereocenters. The third-order valence-electron chi connectivity index (χ3n) is 10.9. The van der Waals surface area contributed by atoms with E-state index in [1.165, 1.54) is 18.4 Å². The molecule has 0 bridgehead atoms. The second kappa shape index (κ2) is 13.7. The van der Waals surface area contributed by atoms with Crippen LogP contribution in [0.15, 0.2) is 11.8 Å². The number of hydrogen-bond acceptors (Lipinski definition) is 12. The summed E-state index contributed by atoms with van der Waals surface area (Å²) in [4.78, 5) is 16.6. The molecule has 0 aromatic carbocycles. The summed E-state index contributed by atoms with van der Waals surface area (Å²) in [7, 11) is 3.61. The number of nitriles is 1. The van der Waals surface area contributed by atoms with Gasteiger partial charge in [-0.3, -0.25) is 4.90 Å². The number of anilines is 2. The highest BCUT2D eigenvalue weighted by atomic mass is 32.1. The van der Waals surface area contributed by atoms with Crippen LogP contribution in [-0.2, 0) is 12.0 Å². The van der Waals surface area contributed by atoms with Gasteiger partial charge in [-0.2, -0.15) is 19.0 Å². The van der Waals surface area contributed by atoms with Crippen molar-refractivity contribution in [3.63, 3.8) is 0 Å². The minimum Gasteiger partial charge on any atom is -0.473 e. The normalized spacial score (nSPS) is 27.2. The zero-order valence-electron chi connectivity index (χ0n) is 27.7. The first kappa shape index (κ1) is 33.6. The summed E-state index contributed by atoms with van der Waals surface area (Å²) < 4.78 is 33.6. The Bertz CT molecular complexity index is 1530. The van der Waals surface area contributed by atoms with E-state index >= 15 is 0 Å². The summed E-state index contributed by atoms with van der Waals surface area (Å²) in [6.45, 7) is 1.84. The average molecular weight is 671 g/mol. The molecule has 0 radical (unpaired) electrons. The molecule has 14 heteroatoms. The van der Waals surface area contributed by atoms with Crippen molar-refractivity contribution in [1.29, 1.82) is 5.26 Å². The number of nitrogen functional groups attached to an aromatic ring is 1. The number of halogens is 2. The highest BCUT2D eigenvalue weighted by Gasteiger charge is 2.47. The fourth-order valence-corrected chi connectivity index (χ4v) is 9.46. The fraction of sp³-hybridized carbons (Fsp3) is 0.667. The Kier molecular flexibility index (Phi) is 9.81. The van der Waals surface area contributed by atoms with E-state index in [9.17, 15) is 14.0 Å². The van der Waals surface area contributed by atoms with E-state index in [0.717, 1.165) is 78.9 Å². The van der Waals surface area contributed by atoms with Crippen molar-refractivity contribution >= 4 is 27.9 Å². The average Bonchev–Trinajstić information content (AvgIpc) is 3.54. The van der Waals surface area contributed by atoms with Crippen molar-refractivity contribution in [1.82, 2.24) is 24.8 Å². The van der Waals surface area contributed by atoms with Gasteiger partial charge in [-0.05, 0) is 98.2 Å². The van der Waals surface area contributed by atoms with Crippen LogP contribution in [0.5, 0.6) is 5.88 Å². The molecule has 6 N–H and O–H groups in total. The molecule has 0 saturated carbocycles. The van der Waals surface area contributed by atoms with Crippen LogP contribution in [0.25, 0.3) is 5.70 Å². The molecule has 11 nitrogen and oxygen atoms in total. The Morgan fingerprint density at radius 1 is 1.13 bits per heavy atom. The highest BCUT2D eigenvalue weighted by molar-refractivity contribution is 7.16. The number of rotatable bonds is 7. The van der Waals surface area contributed by atoms with Gasteiger partial charge in [-0.25, -0.2) is 15.7 Å². The smallest absolute Gasteiger partial charge is 0.294 e. The number of ether oxygens (including phenoxy) is 1. The summed E-state index contributed by atoms with van der Waals surface area (Å²) >= 11 is 1.49. The molecule has 1 spiro atoms. The summed E-state index contributed by atoms with van der Waals surface area (Å²) in [6.07, 6.45) is 8.95. The second-order valence-electron chi connectivity index (χ2n) is 13.6. The van der Waals surface area contributed by atoms with Crippen molar-refractivity contribution in [2.24, 2.45) is 11.6 Å². The number of aromatic nitrogens is 2. The van der Waals surface area contributed by atoms with Crippen LogP contribution in [0.2, 0.25) is 0 Å². The molecule has 2 aromatic heterocycles. The molecule has 3 aliphatic heterocycles. The van der Waals surface area contributed by atoms with Gasteiger partial charge in [0.2, 0.25) is 5.88 Å². The van der Waals surface area contributed by atoms with Crippen molar-refractivity contribution in [3.05, 3.63) is 33.6 Å². The number of alkyl halides is 2. The van der Waals surface area contributed by atoms with Crippen LogP contribution < -0.4 is 26.9 Å². The number of hydrazine groups is 1. The topological polar surface area (TPSA) is 150 Å². The van der Waals surface area contributed by atoms with Gasteiger partial charge in [-0.15, -0.1) is 11.3 Å². The Morgan fingerprint density at radius 2 is 1.87 bits per heavy atom.